The summed E-state index contributed by atoms with van der Waals surface area (Å²) >= 11 is 6.43. The predicted octanol–water partition coefficient (Wildman–Crippen LogP) is 3.22. The highest BCUT2D eigenvalue weighted by Gasteiger charge is 2.42. The monoisotopic (exact) mass is 432 g/mol. The molecule has 5 atom stereocenters. The van der Waals surface area contributed by atoms with E-state index in [1.807, 2.05) is 12.2 Å². The van der Waals surface area contributed by atoms with E-state index in [4.69, 9.17) is 25.8 Å². The molecule has 0 aromatic heterocycles. The first-order valence-corrected chi connectivity index (χ1v) is 11.4. The Labute approximate surface area is 179 Å². The zero-order chi connectivity index (χ0) is 21.2. The molecule has 0 radical (unpaired) electrons. The van der Waals surface area contributed by atoms with Gasteiger partial charge in [0.2, 0.25) is 0 Å². The van der Waals surface area contributed by atoms with Gasteiger partial charge in [0, 0.05) is 11.3 Å². The molecular weight excluding hydrogens is 396 g/mol. The van der Waals surface area contributed by atoms with Gasteiger partial charge < -0.3 is 24.4 Å². The van der Waals surface area contributed by atoms with E-state index in [9.17, 15) is 15.0 Å². The summed E-state index contributed by atoms with van der Waals surface area (Å²) in [5.74, 6) is -0.0996. The van der Waals surface area contributed by atoms with Crippen LogP contribution in [0.5, 0.6) is 0 Å². The maximum Gasteiger partial charge on any atom is 0.332 e. The van der Waals surface area contributed by atoms with Gasteiger partial charge in [-0.3, -0.25) is 0 Å². The SMILES string of the molecule is CC(C)OC(=O)COCC=CC[C@@H]1[C@@H](OC[C@@H](O)C2CCCCC2)[C@H](O)C[C@H]1Cl. The van der Waals surface area contributed by atoms with E-state index in [0.717, 1.165) is 12.8 Å². The largest absolute Gasteiger partial charge is 0.461 e. The molecule has 2 aliphatic carbocycles. The summed E-state index contributed by atoms with van der Waals surface area (Å²) in [5, 5.41) is 20.6. The molecular formula is C22H37ClO6. The van der Waals surface area contributed by atoms with Crippen LogP contribution in [0, 0.1) is 11.8 Å². The Morgan fingerprint density at radius 1 is 1.21 bits per heavy atom. The van der Waals surface area contributed by atoms with E-state index in [1.165, 1.54) is 19.3 Å². The molecule has 2 fully saturated rings. The van der Waals surface area contributed by atoms with Crippen molar-refractivity contribution in [3.63, 3.8) is 0 Å². The number of rotatable bonds is 11. The fourth-order valence-electron chi connectivity index (χ4n) is 4.24. The summed E-state index contributed by atoms with van der Waals surface area (Å²) in [5.41, 5.74) is 0. The van der Waals surface area contributed by atoms with Crippen LogP contribution in [-0.4, -0.2) is 65.8 Å². The Hall–Kier alpha value is -0.660. The molecule has 0 aromatic carbocycles. The topological polar surface area (TPSA) is 85.2 Å². The van der Waals surface area contributed by atoms with Crippen LogP contribution in [0.15, 0.2) is 12.2 Å². The highest BCUT2D eigenvalue weighted by atomic mass is 35.5. The maximum atomic E-state index is 11.4. The quantitative estimate of drug-likeness (QED) is 0.226. The second kappa shape index (κ2) is 12.9. The van der Waals surface area contributed by atoms with Crippen LogP contribution < -0.4 is 0 Å². The summed E-state index contributed by atoms with van der Waals surface area (Å²) in [6.45, 7) is 4.07. The smallest absolute Gasteiger partial charge is 0.332 e. The Kier molecular flexibility index (Phi) is 10.9. The molecule has 0 saturated heterocycles. The molecule has 0 amide bonds. The summed E-state index contributed by atoms with van der Waals surface area (Å²) in [6.07, 6.45) is 8.98. The zero-order valence-corrected chi connectivity index (χ0v) is 18.4. The van der Waals surface area contributed by atoms with Crippen molar-refractivity contribution in [1.29, 1.82) is 0 Å². The fraction of sp³-hybridized carbons (Fsp3) is 0.864. The van der Waals surface area contributed by atoms with Gasteiger partial charge in [-0.2, -0.15) is 0 Å². The van der Waals surface area contributed by atoms with E-state index in [2.05, 4.69) is 0 Å². The van der Waals surface area contributed by atoms with E-state index in [1.54, 1.807) is 13.8 Å². The van der Waals surface area contributed by atoms with Crippen molar-refractivity contribution in [3.05, 3.63) is 12.2 Å². The standard InChI is InChI=1S/C22H37ClO6/c1-15(2)29-21(26)14-27-11-7-6-10-17-18(23)12-19(24)22(17)28-13-20(25)16-8-4-3-5-9-16/h6-7,15-20,22,24-25H,3-5,8-14H2,1-2H3/t17-,18+,19+,20+,22+/m0/s1. The van der Waals surface area contributed by atoms with Crippen LogP contribution in [0.4, 0.5) is 0 Å². The summed E-state index contributed by atoms with van der Waals surface area (Å²) in [6, 6.07) is 0. The third-order valence-corrected chi connectivity index (χ3v) is 6.26. The van der Waals surface area contributed by atoms with Crippen molar-refractivity contribution < 1.29 is 29.2 Å². The average Bonchev–Trinajstić information content (AvgIpc) is 2.95. The maximum absolute atomic E-state index is 11.4. The van der Waals surface area contributed by atoms with Crippen molar-refractivity contribution in [2.75, 3.05) is 19.8 Å². The van der Waals surface area contributed by atoms with E-state index in [0.29, 0.717) is 25.4 Å². The number of hydrogen-bond acceptors (Lipinski definition) is 6. The average molecular weight is 433 g/mol. The van der Waals surface area contributed by atoms with Crippen LogP contribution in [0.25, 0.3) is 0 Å². The van der Waals surface area contributed by atoms with Crippen LogP contribution in [0.1, 0.15) is 58.8 Å². The van der Waals surface area contributed by atoms with Gasteiger partial charge in [-0.25, -0.2) is 4.79 Å². The number of carbonyl (C=O) groups is 1. The van der Waals surface area contributed by atoms with Gasteiger partial charge in [-0.15, -0.1) is 11.6 Å². The van der Waals surface area contributed by atoms with E-state index < -0.39 is 12.2 Å². The first-order valence-electron chi connectivity index (χ1n) is 10.9. The van der Waals surface area contributed by atoms with Crippen molar-refractivity contribution in [2.45, 2.75) is 88.6 Å². The van der Waals surface area contributed by atoms with Crippen LogP contribution in [-0.2, 0) is 19.0 Å². The summed E-state index contributed by atoms with van der Waals surface area (Å²) in [7, 11) is 0. The fourth-order valence-corrected chi connectivity index (χ4v) is 4.67. The number of esters is 1. The number of alkyl halides is 1. The van der Waals surface area contributed by atoms with Crippen LogP contribution in [0.2, 0.25) is 0 Å². The van der Waals surface area contributed by atoms with Gasteiger partial charge in [0.15, 0.2) is 0 Å². The second-order valence-corrected chi connectivity index (χ2v) is 9.07. The lowest BCUT2D eigenvalue weighted by Crippen LogP contribution is -2.35. The Balaban J connectivity index is 1.72. The van der Waals surface area contributed by atoms with E-state index in [-0.39, 0.29) is 42.7 Å². The first-order chi connectivity index (χ1) is 13.9. The molecule has 0 aromatic rings. The minimum absolute atomic E-state index is 0.0209. The lowest BCUT2D eigenvalue weighted by atomic mass is 9.85. The number of aliphatic hydroxyl groups excluding tert-OH is 2. The molecule has 0 heterocycles. The van der Waals surface area contributed by atoms with Gasteiger partial charge in [0.25, 0.3) is 0 Å². The number of carbonyl (C=O) groups excluding carboxylic acids is 1. The number of hydrogen-bond donors (Lipinski definition) is 2. The Morgan fingerprint density at radius 2 is 1.93 bits per heavy atom. The molecule has 7 heteroatoms. The van der Waals surface area contributed by atoms with E-state index >= 15 is 0 Å². The molecule has 0 spiro atoms. The lowest BCUT2D eigenvalue weighted by Gasteiger charge is -2.29. The third-order valence-electron chi connectivity index (χ3n) is 5.76. The summed E-state index contributed by atoms with van der Waals surface area (Å²) < 4.78 is 16.2. The second-order valence-electron chi connectivity index (χ2n) is 8.51. The minimum atomic E-state index is -0.614. The number of halogens is 1. The Morgan fingerprint density at radius 3 is 2.62 bits per heavy atom. The number of allylic oxidation sites excluding steroid dienone is 1. The van der Waals surface area contributed by atoms with Crippen LogP contribution >= 0.6 is 11.6 Å². The molecule has 168 valence electrons. The molecule has 2 N–H and O–H groups in total. The molecule has 0 bridgehead atoms. The zero-order valence-electron chi connectivity index (χ0n) is 17.7. The van der Waals surface area contributed by atoms with Crippen molar-refractivity contribution in [2.24, 2.45) is 11.8 Å². The van der Waals surface area contributed by atoms with Gasteiger partial charge in [-0.05, 0) is 45.4 Å². The first kappa shape index (κ1) is 24.6. The predicted molar refractivity (Wildman–Crippen MR) is 112 cm³/mol. The van der Waals surface area contributed by atoms with Gasteiger partial charge in [0.05, 0.1) is 37.6 Å². The van der Waals surface area contributed by atoms with Gasteiger partial charge in [-0.1, -0.05) is 31.4 Å². The van der Waals surface area contributed by atoms with Crippen molar-refractivity contribution in [3.8, 4) is 0 Å². The van der Waals surface area contributed by atoms with Crippen LogP contribution in [0.3, 0.4) is 0 Å². The Bertz CT molecular complexity index is 506. The lowest BCUT2D eigenvalue weighted by molar-refractivity contribution is -0.152. The highest BCUT2D eigenvalue weighted by Crippen LogP contribution is 2.36. The van der Waals surface area contributed by atoms with Crippen molar-refractivity contribution >= 4 is 17.6 Å². The molecule has 2 saturated carbocycles. The molecule has 0 aliphatic heterocycles. The highest BCUT2D eigenvalue weighted by molar-refractivity contribution is 6.21. The van der Waals surface area contributed by atoms with Gasteiger partial charge >= 0.3 is 5.97 Å². The molecule has 2 rings (SSSR count). The number of ether oxygens (including phenoxy) is 3. The third kappa shape index (κ3) is 8.54. The molecule has 0 unspecified atom stereocenters. The molecule has 29 heavy (non-hydrogen) atoms. The molecule has 6 nitrogen and oxygen atoms in total. The summed E-state index contributed by atoms with van der Waals surface area (Å²) in [4.78, 5) is 11.4. The van der Waals surface area contributed by atoms with Crippen molar-refractivity contribution in [1.82, 2.24) is 0 Å². The normalized spacial score (nSPS) is 29.6. The van der Waals surface area contributed by atoms with Gasteiger partial charge in [0.1, 0.15) is 6.61 Å². The minimum Gasteiger partial charge on any atom is -0.461 e. The molecule has 2 aliphatic rings. The number of aliphatic hydroxyl groups is 2.